The minimum absolute atomic E-state index is 0.0780. The van der Waals surface area contributed by atoms with E-state index in [1.807, 2.05) is 49.6 Å². The van der Waals surface area contributed by atoms with Gasteiger partial charge in [0.1, 0.15) is 0 Å². The third kappa shape index (κ3) is 4.35. The zero-order valence-corrected chi connectivity index (χ0v) is 13.3. The molecule has 0 radical (unpaired) electrons. The fourth-order valence-corrected chi connectivity index (χ4v) is 3.76. The Labute approximate surface area is 127 Å². The second-order valence-electron chi connectivity index (χ2n) is 4.47. The molecule has 106 valence electrons. The Hall–Kier alpha value is -1.33. The Balaban J connectivity index is 1.89. The standard InChI is InChI=1S/C15H18N2OS2/c1-3-13(20-15-17-11(2)10-19-15)14(18)16-9-12-7-5-4-6-8-12/h4-8,10,13H,3,9H2,1-2H3,(H,16,18). The normalized spacial score (nSPS) is 12.1. The van der Waals surface area contributed by atoms with Crippen LogP contribution in [0.15, 0.2) is 40.1 Å². The van der Waals surface area contributed by atoms with E-state index in [1.54, 1.807) is 23.1 Å². The smallest absolute Gasteiger partial charge is 0.233 e. The Morgan fingerprint density at radius 1 is 1.40 bits per heavy atom. The van der Waals surface area contributed by atoms with Crippen molar-refractivity contribution in [2.24, 2.45) is 0 Å². The summed E-state index contributed by atoms with van der Waals surface area (Å²) in [5.41, 5.74) is 2.13. The first-order valence-electron chi connectivity index (χ1n) is 6.59. The maximum atomic E-state index is 12.2. The van der Waals surface area contributed by atoms with Crippen LogP contribution in [0.5, 0.6) is 0 Å². The summed E-state index contributed by atoms with van der Waals surface area (Å²) in [7, 11) is 0. The monoisotopic (exact) mass is 306 g/mol. The van der Waals surface area contributed by atoms with E-state index in [4.69, 9.17) is 0 Å². The van der Waals surface area contributed by atoms with Crippen LogP contribution in [0.2, 0.25) is 0 Å². The number of aryl methyl sites for hydroxylation is 1. The zero-order valence-electron chi connectivity index (χ0n) is 11.6. The maximum absolute atomic E-state index is 12.2. The number of benzene rings is 1. The van der Waals surface area contributed by atoms with Crippen LogP contribution >= 0.6 is 23.1 Å². The van der Waals surface area contributed by atoms with Crippen molar-refractivity contribution in [3.63, 3.8) is 0 Å². The minimum atomic E-state index is -0.0794. The lowest BCUT2D eigenvalue weighted by atomic mass is 10.2. The molecule has 0 saturated heterocycles. The van der Waals surface area contributed by atoms with Gasteiger partial charge in [0.05, 0.1) is 5.25 Å². The fraction of sp³-hybridized carbons (Fsp3) is 0.333. The number of carbonyl (C=O) groups is 1. The van der Waals surface area contributed by atoms with Gasteiger partial charge in [-0.2, -0.15) is 0 Å². The minimum Gasteiger partial charge on any atom is -0.351 e. The van der Waals surface area contributed by atoms with Gasteiger partial charge in [-0.05, 0) is 18.9 Å². The van der Waals surface area contributed by atoms with Crippen LogP contribution in [-0.4, -0.2) is 16.1 Å². The van der Waals surface area contributed by atoms with E-state index in [2.05, 4.69) is 10.3 Å². The number of nitrogens with one attached hydrogen (secondary N) is 1. The quantitative estimate of drug-likeness (QED) is 0.829. The van der Waals surface area contributed by atoms with E-state index in [1.165, 1.54) is 0 Å². The molecule has 0 spiro atoms. The van der Waals surface area contributed by atoms with Gasteiger partial charge in [0, 0.05) is 17.6 Å². The molecule has 1 heterocycles. The first-order valence-corrected chi connectivity index (χ1v) is 8.35. The molecule has 1 aromatic carbocycles. The number of thioether (sulfide) groups is 1. The average molecular weight is 306 g/mol. The summed E-state index contributed by atoms with van der Waals surface area (Å²) in [6, 6.07) is 9.95. The summed E-state index contributed by atoms with van der Waals surface area (Å²) in [6.07, 6.45) is 0.796. The van der Waals surface area contributed by atoms with Crippen LogP contribution in [0.25, 0.3) is 0 Å². The van der Waals surface area contributed by atoms with Crippen LogP contribution in [0.3, 0.4) is 0 Å². The highest BCUT2D eigenvalue weighted by molar-refractivity contribution is 8.02. The second-order valence-corrected chi connectivity index (χ2v) is 6.78. The highest BCUT2D eigenvalue weighted by Crippen LogP contribution is 2.28. The number of hydrogen-bond donors (Lipinski definition) is 1. The fourth-order valence-electron chi connectivity index (χ4n) is 1.73. The van der Waals surface area contributed by atoms with E-state index in [9.17, 15) is 4.79 Å². The Morgan fingerprint density at radius 2 is 2.15 bits per heavy atom. The highest BCUT2D eigenvalue weighted by atomic mass is 32.2. The third-order valence-corrected chi connectivity index (χ3v) is 5.27. The molecule has 20 heavy (non-hydrogen) atoms. The largest absolute Gasteiger partial charge is 0.351 e. The lowest BCUT2D eigenvalue weighted by molar-refractivity contribution is -0.120. The number of aromatic nitrogens is 1. The molecule has 1 N–H and O–H groups in total. The van der Waals surface area contributed by atoms with E-state index in [-0.39, 0.29) is 11.2 Å². The van der Waals surface area contributed by atoms with Crippen molar-refractivity contribution < 1.29 is 4.79 Å². The van der Waals surface area contributed by atoms with Crippen molar-refractivity contribution in [3.05, 3.63) is 47.0 Å². The number of hydrogen-bond acceptors (Lipinski definition) is 4. The van der Waals surface area contributed by atoms with E-state index in [0.717, 1.165) is 22.0 Å². The number of carbonyl (C=O) groups excluding carboxylic acids is 1. The summed E-state index contributed by atoms with van der Waals surface area (Å²) in [6.45, 7) is 4.57. The van der Waals surface area contributed by atoms with Gasteiger partial charge < -0.3 is 5.32 Å². The Kier molecular flexibility index (Phi) is 5.61. The molecule has 1 unspecified atom stereocenters. The van der Waals surface area contributed by atoms with Gasteiger partial charge in [-0.15, -0.1) is 11.3 Å². The predicted molar refractivity (Wildman–Crippen MR) is 85.1 cm³/mol. The van der Waals surface area contributed by atoms with Crippen molar-refractivity contribution in [1.82, 2.24) is 10.3 Å². The number of thiazole rings is 1. The van der Waals surface area contributed by atoms with Crippen molar-refractivity contribution in [2.45, 2.75) is 36.4 Å². The van der Waals surface area contributed by atoms with Crippen LogP contribution in [-0.2, 0) is 11.3 Å². The van der Waals surface area contributed by atoms with Gasteiger partial charge in [0.2, 0.25) is 5.91 Å². The molecule has 1 atom stereocenters. The highest BCUT2D eigenvalue weighted by Gasteiger charge is 2.19. The van der Waals surface area contributed by atoms with Gasteiger partial charge in [-0.25, -0.2) is 4.98 Å². The molecule has 0 aliphatic carbocycles. The van der Waals surface area contributed by atoms with Crippen molar-refractivity contribution in [2.75, 3.05) is 0 Å². The molecular formula is C15H18N2OS2. The van der Waals surface area contributed by atoms with E-state index >= 15 is 0 Å². The Morgan fingerprint density at radius 3 is 2.75 bits per heavy atom. The molecule has 2 rings (SSSR count). The predicted octanol–water partition coefficient (Wildman–Crippen LogP) is 3.64. The molecule has 1 aromatic heterocycles. The molecule has 0 saturated carbocycles. The first kappa shape index (κ1) is 15.1. The molecule has 3 nitrogen and oxygen atoms in total. The van der Waals surface area contributed by atoms with Crippen LogP contribution in [0, 0.1) is 6.92 Å². The third-order valence-electron chi connectivity index (χ3n) is 2.81. The van der Waals surface area contributed by atoms with Crippen LogP contribution in [0.4, 0.5) is 0 Å². The summed E-state index contributed by atoms with van der Waals surface area (Å²) < 4.78 is 0.962. The van der Waals surface area contributed by atoms with Gasteiger partial charge in [-0.3, -0.25) is 4.79 Å². The molecule has 5 heteroatoms. The number of amides is 1. The second kappa shape index (κ2) is 7.45. The molecule has 1 amide bonds. The topological polar surface area (TPSA) is 42.0 Å². The summed E-state index contributed by atoms with van der Waals surface area (Å²) in [5, 5.41) is 4.93. The molecule has 0 aliphatic heterocycles. The first-order chi connectivity index (χ1) is 9.69. The molecule has 0 fully saturated rings. The van der Waals surface area contributed by atoms with Crippen molar-refractivity contribution in [1.29, 1.82) is 0 Å². The lowest BCUT2D eigenvalue weighted by Crippen LogP contribution is -2.31. The number of nitrogens with zero attached hydrogens (tertiary/aromatic N) is 1. The molecule has 0 bridgehead atoms. The zero-order chi connectivity index (χ0) is 14.4. The maximum Gasteiger partial charge on any atom is 0.233 e. The average Bonchev–Trinajstić information content (AvgIpc) is 2.88. The molecule has 0 aliphatic rings. The van der Waals surface area contributed by atoms with Gasteiger partial charge in [0.25, 0.3) is 0 Å². The summed E-state index contributed by atoms with van der Waals surface area (Å²) in [4.78, 5) is 16.6. The SMILES string of the molecule is CCC(Sc1nc(C)cs1)C(=O)NCc1ccccc1. The van der Waals surface area contributed by atoms with Crippen molar-refractivity contribution in [3.8, 4) is 0 Å². The van der Waals surface area contributed by atoms with E-state index in [0.29, 0.717) is 6.54 Å². The lowest BCUT2D eigenvalue weighted by Gasteiger charge is -2.13. The van der Waals surface area contributed by atoms with Gasteiger partial charge in [0.15, 0.2) is 4.34 Å². The number of rotatable bonds is 6. The molecule has 2 aromatic rings. The van der Waals surface area contributed by atoms with Crippen molar-refractivity contribution >= 4 is 29.0 Å². The van der Waals surface area contributed by atoms with Gasteiger partial charge in [-0.1, -0.05) is 49.0 Å². The summed E-state index contributed by atoms with van der Waals surface area (Å²) in [5.74, 6) is 0.0780. The molecular weight excluding hydrogens is 288 g/mol. The van der Waals surface area contributed by atoms with Gasteiger partial charge >= 0.3 is 0 Å². The van der Waals surface area contributed by atoms with Crippen LogP contribution < -0.4 is 5.32 Å². The Bertz CT molecular complexity index is 554. The summed E-state index contributed by atoms with van der Waals surface area (Å²) >= 11 is 3.15. The van der Waals surface area contributed by atoms with E-state index < -0.39 is 0 Å². The van der Waals surface area contributed by atoms with Crippen LogP contribution in [0.1, 0.15) is 24.6 Å².